The molecule has 1 fully saturated rings. The van der Waals surface area contributed by atoms with Crippen LogP contribution in [0.25, 0.3) is 0 Å². The van der Waals surface area contributed by atoms with E-state index in [9.17, 15) is 18.0 Å². The Hall–Kier alpha value is -2.91. The van der Waals surface area contributed by atoms with E-state index in [1.807, 2.05) is 30.3 Å². The lowest BCUT2D eigenvalue weighted by Crippen LogP contribution is -2.45. The van der Waals surface area contributed by atoms with Gasteiger partial charge in [-0.25, -0.2) is 8.42 Å². The molecule has 176 valence electrons. The van der Waals surface area contributed by atoms with E-state index in [2.05, 4.69) is 10.6 Å². The molecule has 8 nitrogen and oxygen atoms in total. The molecule has 0 radical (unpaired) electrons. The summed E-state index contributed by atoms with van der Waals surface area (Å²) in [4.78, 5) is 24.7. The number of amides is 2. The Balaban J connectivity index is 1.44. The Labute approximate surface area is 194 Å². The van der Waals surface area contributed by atoms with Gasteiger partial charge in [0.05, 0.1) is 16.5 Å². The molecule has 2 amide bonds. The van der Waals surface area contributed by atoms with Crippen molar-refractivity contribution >= 4 is 27.5 Å². The van der Waals surface area contributed by atoms with E-state index in [4.69, 9.17) is 4.74 Å². The van der Waals surface area contributed by atoms with Crippen LogP contribution in [-0.4, -0.2) is 50.3 Å². The van der Waals surface area contributed by atoms with Crippen molar-refractivity contribution in [3.05, 3.63) is 53.6 Å². The van der Waals surface area contributed by atoms with Crippen LogP contribution in [-0.2, 0) is 26.0 Å². The summed E-state index contributed by atoms with van der Waals surface area (Å²) >= 11 is 0. The maximum atomic E-state index is 13.5. The lowest BCUT2D eigenvalue weighted by Gasteiger charge is -2.32. The molecule has 1 saturated heterocycles. The summed E-state index contributed by atoms with van der Waals surface area (Å²) in [5.74, 6) is -0.446. The van der Waals surface area contributed by atoms with E-state index < -0.39 is 22.0 Å². The highest BCUT2D eigenvalue weighted by molar-refractivity contribution is 7.89. The number of fused-ring (bicyclic) bond motifs is 1. The first kappa shape index (κ1) is 23.3. The highest BCUT2D eigenvalue weighted by Crippen LogP contribution is 2.36. The van der Waals surface area contributed by atoms with Gasteiger partial charge in [-0.15, -0.1) is 0 Å². The molecule has 0 unspecified atom stereocenters. The van der Waals surface area contributed by atoms with E-state index in [-0.39, 0.29) is 23.3 Å². The maximum absolute atomic E-state index is 13.5. The van der Waals surface area contributed by atoms with Crippen molar-refractivity contribution in [2.24, 2.45) is 5.92 Å². The second-order valence-corrected chi connectivity index (χ2v) is 10.5. The summed E-state index contributed by atoms with van der Waals surface area (Å²) < 4.78 is 33.9. The third kappa shape index (κ3) is 5.04. The SMILES string of the molecule is Cc1cc2c(cc1S(=O)(=O)N1CCC[C@H](C(=O)NCCc3ccccc3)C1)O[C@H](C)C(=O)N2. The van der Waals surface area contributed by atoms with Gasteiger partial charge in [0.1, 0.15) is 5.75 Å². The standard InChI is InChI=1S/C24H29N3O5S/c1-16-13-20-21(32-17(2)23(28)26-20)14-22(16)33(30,31)27-12-6-9-19(15-27)24(29)25-11-10-18-7-4-3-5-8-18/h3-5,7-8,13-14,17,19H,6,9-12,15H2,1-2H3,(H,25,29)(H,26,28)/t17-,19+/m1/s1. The van der Waals surface area contributed by atoms with Gasteiger partial charge >= 0.3 is 0 Å². The molecule has 0 spiro atoms. The van der Waals surface area contributed by atoms with Crippen LogP contribution in [0, 0.1) is 12.8 Å². The lowest BCUT2D eigenvalue weighted by molar-refractivity contribution is -0.126. The van der Waals surface area contributed by atoms with Gasteiger partial charge in [-0.1, -0.05) is 30.3 Å². The number of ether oxygens (including phenoxy) is 1. The van der Waals surface area contributed by atoms with Gasteiger partial charge in [0.2, 0.25) is 15.9 Å². The molecular weight excluding hydrogens is 442 g/mol. The number of carbonyl (C=O) groups is 2. The fourth-order valence-corrected chi connectivity index (χ4v) is 6.00. The van der Waals surface area contributed by atoms with Crippen molar-refractivity contribution in [3.63, 3.8) is 0 Å². The summed E-state index contributed by atoms with van der Waals surface area (Å²) in [5.41, 5.74) is 2.12. The van der Waals surface area contributed by atoms with E-state index in [1.165, 1.54) is 10.4 Å². The van der Waals surface area contributed by atoms with Crippen molar-refractivity contribution < 1.29 is 22.7 Å². The number of aryl methyl sites for hydroxylation is 1. The molecule has 2 aliphatic rings. The van der Waals surface area contributed by atoms with Crippen LogP contribution in [0.5, 0.6) is 5.75 Å². The molecule has 0 aliphatic carbocycles. The molecule has 0 bridgehead atoms. The van der Waals surface area contributed by atoms with Crippen molar-refractivity contribution in [2.45, 2.75) is 44.1 Å². The van der Waals surface area contributed by atoms with Gasteiger partial charge in [0, 0.05) is 25.7 Å². The third-order valence-corrected chi connectivity index (χ3v) is 8.14. The number of sulfonamides is 1. The van der Waals surface area contributed by atoms with E-state index in [0.29, 0.717) is 42.9 Å². The smallest absolute Gasteiger partial charge is 0.265 e. The Kier molecular flexibility index (Phi) is 6.71. The fourth-order valence-electron chi connectivity index (χ4n) is 4.25. The summed E-state index contributed by atoms with van der Waals surface area (Å²) in [7, 11) is -3.83. The molecule has 9 heteroatoms. The van der Waals surface area contributed by atoms with Gasteiger partial charge in [0.25, 0.3) is 5.91 Å². The molecule has 33 heavy (non-hydrogen) atoms. The lowest BCUT2D eigenvalue weighted by atomic mass is 9.99. The monoisotopic (exact) mass is 471 g/mol. The van der Waals surface area contributed by atoms with Crippen molar-refractivity contribution in [1.29, 1.82) is 0 Å². The number of nitrogens with one attached hydrogen (secondary N) is 2. The van der Waals surface area contributed by atoms with Gasteiger partial charge in [-0.2, -0.15) is 4.31 Å². The molecule has 0 saturated carbocycles. The van der Waals surface area contributed by atoms with Gasteiger partial charge in [-0.05, 0) is 50.3 Å². The predicted molar refractivity (Wildman–Crippen MR) is 125 cm³/mol. The first-order chi connectivity index (χ1) is 15.8. The second kappa shape index (κ2) is 9.52. The minimum absolute atomic E-state index is 0.118. The fraction of sp³-hybridized carbons (Fsp3) is 0.417. The molecule has 2 heterocycles. The molecule has 4 rings (SSSR count). The van der Waals surface area contributed by atoms with Gasteiger partial charge in [-0.3, -0.25) is 9.59 Å². The molecule has 2 aromatic carbocycles. The summed E-state index contributed by atoms with van der Waals surface area (Å²) in [6.07, 6.45) is 1.29. The van der Waals surface area contributed by atoms with E-state index in [1.54, 1.807) is 19.9 Å². The van der Waals surface area contributed by atoms with Crippen molar-refractivity contribution in [3.8, 4) is 5.75 Å². The molecule has 2 aliphatic heterocycles. The minimum atomic E-state index is -3.83. The number of hydrogen-bond acceptors (Lipinski definition) is 5. The highest BCUT2D eigenvalue weighted by Gasteiger charge is 2.35. The molecule has 2 atom stereocenters. The zero-order valence-corrected chi connectivity index (χ0v) is 19.7. The number of hydrogen-bond donors (Lipinski definition) is 2. The second-order valence-electron chi connectivity index (χ2n) is 8.59. The highest BCUT2D eigenvalue weighted by atomic mass is 32.2. The van der Waals surface area contributed by atoms with Crippen LogP contribution in [0.2, 0.25) is 0 Å². The minimum Gasteiger partial charge on any atom is -0.479 e. The Morgan fingerprint density at radius 2 is 2.00 bits per heavy atom. The topological polar surface area (TPSA) is 105 Å². The number of nitrogens with zero attached hydrogens (tertiary/aromatic N) is 1. The van der Waals surface area contributed by atoms with Crippen LogP contribution >= 0.6 is 0 Å². The molecular formula is C24H29N3O5S. The Morgan fingerprint density at radius 3 is 2.76 bits per heavy atom. The average molecular weight is 472 g/mol. The Bertz CT molecular complexity index is 1150. The predicted octanol–water partition coefficient (Wildman–Crippen LogP) is 2.47. The molecule has 2 N–H and O–H groups in total. The van der Waals surface area contributed by atoms with Gasteiger partial charge in [0.15, 0.2) is 6.10 Å². The van der Waals surface area contributed by atoms with Crippen molar-refractivity contribution in [2.75, 3.05) is 25.0 Å². The normalized spacial score (nSPS) is 21.0. The largest absolute Gasteiger partial charge is 0.479 e. The van der Waals surface area contributed by atoms with Crippen LogP contribution in [0.3, 0.4) is 0 Å². The first-order valence-electron chi connectivity index (χ1n) is 11.2. The number of carbonyl (C=O) groups excluding carboxylic acids is 2. The zero-order valence-electron chi connectivity index (χ0n) is 18.8. The summed E-state index contributed by atoms with van der Waals surface area (Å²) in [6, 6.07) is 13.0. The molecule has 2 aromatic rings. The van der Waals surface area contributed by atoms with Crippen molar-refractivity contribution in [1.82, 2.24) is 9.62 Å². The Morgan fingerprint density at radius 1 is 1.24 bits per heavy atom. The van der Waals surface area contributed by atoms with Crippen LogP contribution < -0.4 is 15.4 Å². The summed E-state index contributed by atoms with van der Waals surface area (Å²) in [5, 5.41) is 5.69. The number of benzene rings is 2. The summed E-state index contributed by atoms with van der Waals surface area (Å²) in [6.45, 7) is 4.31. The van der Waals surface area contributed by atoms with Crippen LogP contribution in [0.15, 0.2) is 47.4 Å². The number of rotatable bonds is 6. The average Bonchev–Trinajstić information content (AvgIpc) is 2.80. The maximum Gasteiger partial charge on any atom is 0.265 e. The quantitative estimate of drug-likeness (QED) is 0.674. The van der Waals surface area contributed by atoms with Crippen LogP contribution in [0.1, 0.15) is 30.9 Å². The molecule has 0 aromatic heterocycles. The number of piperidine rings is 1. The van der Waals surface area contributed by atoms with E-state index in [0.717, 1.165) is 12.0 Å². The first-order valence-corrected chi connectivity index (χ1v) is 12.6. The van der Waals surface area contributed by atoms with Crippen LogP contribution in [0.4, 0.5) is 5.69 Å². The third-order valence-electron chi connectivity index (χ3n) is 6.14. The van der Waals surface area contributed by atoms with E-state index >= 15 is 0 Å². The number of anilines is 1. The van der Waals surface area contributed by atoms with Gasteiger partial charge < -0.3 is 15.4 Å². The zero-order chi connectivity index (χ0) is 23.6.